The Labute approximate surface area is 180 Å². The van der Waals surface area contributed by atoms with Gasteiger partial charge < -0.3 is 4.43 Å². The maximum atomic E-state index is 7.28. The Balaban J connectivity index is 2.66. The van der Waals surface area contributed by atoms with E-state index in [2.05, 4.69) is 131 Å². The van der Waals surface area contributed by atoms with Gasteiger partial charge >= 0.3 is 0 Å². The fourth-order valence-electron chi connectivity index (χ4n) is 3.65. The van der Waals surface area contributed by atoms with Crippen molar-refractivity contribution in [3.63, 3.8) is 0 Å². The zero-order valence-electron chi connectivity index (χ0n) is 17.5. The zero-order chi connectivity index (χ0) is 20.1. The molecule has 2 aromatic carbocycles. The Morgan fingerprint density at radius 1 is 0.963 bits per heavy atom. The first kappa shape index (κ1) is 22.4. The minimum atomic E-state index is -2.48. The first-order chi connectivity index (χ1) is 12.7. The van der Waals surface area contributed by atoms with Crippen molar-refractivity contribution in [1.82, 2.24) is 0 Å². The van der Waals surface area contributed by atoms with Crippen LogP contribution in [0.5, 0.6) is 0 Å². The van der Waals surface area contributed by atoms with Crippen molar-refractivity contribution in [1.29, 1.82) is 0 Å². The number of allylic oxidation sites excluding steroid dienone is 1. The van der Waals surface area contributed by atoms with Gasteiger partial charge in [0, 0.05) is 0 Å². The third-order valence-electron chi connectivity index (χ3n) is 5.12. The van der Waals surface area contributed by atoms with Crippen molar-refractivity contribution < 1.29 is 4.43 Å². The molecule has 0 aliphatic carbocycles. The highest BCUT2D eigenvalue weighted by Gasteiger charge is 2.51. The van der Waals surface area contributed by atoms with E-state index in [1.807, 2.05) is 0 Å². The highest BCUT2D eigenvalue weighted by molar-refractivity contribution is 14.1. The number of benzene rings is 2. The fourth-order valence-corrected chi connectivity index (χ4v) is 8.74. The van der Waals surface area contributed by atoms with Gasteiger partial charge in [-0.1, -0.05) is 101 Å². The number of hydrogen-bond donors (Lipinski definition) is 0. The van der Waals surface area contributed by atoms with Crippen molar-refractivity contribution in [3.05, 3.63) is 70.3 Å². The van der Waals surface area contributed by atoms with E-state index in [4.69, 9.17) is 4.43 Å². The van der Waals surface area contributed by atoms with E-state index in [9.17, 15) is 0 Å². The monoisotopic (exact) mass is 492 g/mol. The predicted octanol–water partition coefficient (Wildman–Crippen LogP) is 6.32. The van der Waals surface area contributed by atoms with Crippen LogP contribution in [-0.4, -0.2) is 14.4 Å². The van der Waals surface area contributed by atoms with Crippen molar-refractivity contribution in [2.24, 2.45) is 5.92 Å². The summed E-state index contributed by atoms with van der Waals surface area (Å²) in [5, 5.41) is 2.72. The van der Waals surface area contributed by atoms with Crippen LogP contribution in [0, 0.1) is 5.92 Å². The molecule has 0 unspecified atom stereocenters. The summed E-state index contributed by atoms with van der Waals surface area (Å²) in [5.41, 5.74) is 0. The van der Waals surface area contributed by atoms with Crippen LogP contribution in [0.1, 0.15) is 48.0 Å². The zero-order valence-corrected chi connectivity index (χ0v) is 20.7. The van der Waals surface area contributed by atoms with E-state index < -0.39 is 8.32 Å². The summed E-state index contributed by atoms with van der Waals surface area (Å²) in [6, 6.07) is 21.8. The fraction of sp³-hybridized carbons (Fsp3) is 0.417. The second kappa shape index (κ2) is 9.53. The Bertz CT molecular complexity index is 688. The van der Waals surface area contributed by atoms with Gasteiger partial charge in [0.15, 0.2) is 0 Å². The lowest BCUT2D eigenvalue weighted by Crippen LogP contribution is -2.68. The lowest BCUT2D eigenvalue weighted by Gasteiger charge is -2.46. The molecule has 0 saturated carbocycles. The summed E-state index contributed by atoms with van der Waals surface area (Å²) in [6.45, 7) is 13.7. The number of hydrogen-bond acceptors (Lipinski definition) is 1. The topological polar surface area (TPSA) is 9.23 Å². The van der Waals surface area contributed by atoms with Gasteiger partial charge in [-0.2, -0.15) is 0 Å². The molecule has 0 aliphatic heterocycles. The molecule has 0 spiro atoms. The molecule has 0 saturated heterocycles. The lowest BCUT2D eigenvalue weighted by molar-refractivity contribution is 0.142. The molecule has 1 nitrogen and oxygen atoms in total. The third kappa shape index (κ3) is 5.33. The summed E-state index contributed by atoms with van der Waals surface area (Å²) >= 11 is 2.39. The molecule has 0 radical (unpaired) electrons. The molecular weight excluding hydrogens is 459 g/mol. The molecule has 2 aromatic rings. The maximum Gasteiger partial charge on any atom is 0.261 e. The number of rotatable bonds is 7. The second-order valence-electron chi connectivity index (χ2n) is 8.59. The van der Waals surface area contributed by atoms with Crippen LogP contribution in [0.4, 0.5) is 0 Å². The standard InChI is InChI=1S/C24H33IOSi/c1-19(2)23(18-17-20(3)25)26-27(24(4,5)6,21-13-9-7-10-14-21)22-15-11-8-12-16-22/h7-17,19,23H,18H2,1-6H3/b20-17+/t23-/m0/s1. The average molecular weight is 493 g/mol. The van der Waals surface area contributed by atoms with Gasteiger partial charge in [0.2, 0.25) is 0 Å². The van der Waals surface area contributed by atoms with Gasteiger partial charge in [-0.15, -0.1) is 0 Å². The van der Waals surface area contributed by atoms with Gasteiger partial charge in [-0.05, 0) is 60.8 Å². The van der Waals surface area contributed by atoms with Crippen LogP contribution in [-0.2, 0) is 4.43 Å². The average Bonchev–Trinajstić information content (AvgIpc) is 2.62. The molecule has 0 heterocycles. The van der Waals surface area contributed by atoms with Crippen molar-refractivity contribution in [3.8, 4) is 0 Å². The molecule has 0 bridgehead atoms. The van der Waals surface area contributed by atoms with E-state index in [1.165, 1.54) is 14.0 Å². The summed E-state index contributed by atoms with van der Waals surface area (Å²) in [6.07, 6.45) is 3.46. The minimum Gasteiger partial charge on any atom is -0.404 e. The Morgan fingerprint density at radius 3 is 1.74 bits per heavy atom. The quantitative estimate of drug-likeness (QED) is 0.325. The van der Waals surface area contributed by atoms with Crippen LogP contribution in [0.15, 0.2) is 70.3 Å². The predicted molar refractivity (Wildman–Crippen MR) is 130 cm³/mol. The summed E-state index contributed by atoms with van der Waals surface area (Å²) in [5.74, 6) is 0.457. The molecule has 0 aliphatic rings. The van der Waals surface area contributed by atoms with Gasteiger partial charge in [0.25, 0.3) is 8.32 Å². The van der Waals surface area contributed by atoms with Gasteiger partial charge in [-0.3, -0.25) is 0 Å². The van der Waals surface area contributed by atoms with E-state index >= 15 is 0 Å². The summed E-state index contributed by atoms with van der Waals surface area (Å²) in [7, 11) is -2.48. The van der Waals surface area contributed by atoms with Crippen LogP contribution in [0.25, 0.3) is 0 Å². The van der Waals surface area contributed by atoms with Crippen LogP contribution >= 0.6 is 22.6 Å². The summed E-state index contributed by atoms with van der Waals surface area (Å²) < 4.78 is 8.60. The van der Waals surface area contributed by atoms with Crippen LogP contribution in [0.2, 0.25) is 5.04 Å². The molecular formula is C24H33IOSi. The molecule has 0 amide bonds. The second-order valence-corrected chi connectivity index (χ2v) is 14.5. The third-order valence-corrected chi connectivity index (χ3v) is 10.6. The Morgan fingerprint density at radius 2 is 1.41 bits per heavy atom. The molecule has 3 heteroatoms. The minimum absolute atomic E-state index is 0.0198. The highest BCUT2D eigenvalue weighted by atomic mass is 127. The summed E-state index contributed by atoms with van der Waals surface area (Å²) in [4.78, 5) is 0. The van der Waals surface area contributed by atoms with Crippen molar-refractivity contribution in [2.75, 3.05) is 0 Å². The molecule has 1 atom stereocenters. The molecule has 0 N–H and O–H groups in total. The van der Waals surface area contributed by atoms with Crippen molar-refractivity contribution in [2.45, 2.75) is 59.1 Å². The largest absolute Gasteiger partial charge is 0.404 e. The van der Waals surface area contributed by atoms with E-state index in [0.717, 1.165) is 6.42 Å². The van der Waals surface area contributed by atoms with E-state index in [-0.39, 0.29) is 11.1 Å². The molecule has 146 valence electrons. The van der Waals surface area contributed by atoms with E-state index in [0.29, 0.717) is 5.92 Å². The first-order valence-electron chi connectivity index (χ1n) is 9.79. The number of halogens is 1. The Kier molecular flexibility index (Phi) is 7.90. The highest BCUT2D eigenvalue weighted by Crippen LogP contribution is 2.38. The Hall–Kier alpha value is -0.913. The van der Waals surface area contributed by atoms with Gasteiger partial charge in [0.1, 0.15) is 0 Å². The molecule has 0 fully saturated rings. The van der Waals surface area contributed by atoms with Crippen LogP contribution < -0.4 is 10.4 Å². The van der Waals surface area contributed by atoms with Gasteiger partial charge in [0.05, 0.1) is 6.10 Å². The molecule has 27 heavy (non-hydrogen) atoms. The molecule has 2 rings (SSSR count). The van der Waals surface area contributed by atoms with Gasteiger partial charge in [-0.25, -0.2) is 0 Å². The normalized spacial score (nSPS) is 14.4. The van der Waals surface area contributed by atoms with E-state index in [1.54, 1.807) is 0 Å². The first-order valence-corrected chi connectivity index (χ1v) is 12.8. The van der Waals surface area contributed by atoms with Crippen LogP contribution in [0.3, 0.4) is 0 Å². The maximum absolute atomic E-state index is 7.28. The molecule has 0 aromatic heterocycles. The smallest absolute Gasteiger partial charge is 0.261 e. The van der Waals surface area contributed by atoms with Crippen molar-refractivity contribution >= 4 is 41.3 Å². The SMILES string of the molecule is C/C(I)=C\C[C@H](O[Si](c1ccccc1)(c1ccccc1)C(C)(C)C)C(C)C. The lowest BCUT2D eigenvalue weighted by atomic mass is 10.0.